The normalized spacial score (nSPS) is 12.7. The van der Waals surface area contributed by atoms with Crippen LogP contribution in [-0.4, -0.2) is 24.9 Å². The van der Waals surface area contributed by atoms with Gasteiger partial charge in [0.15, 0.2) is 5.82 Å². The minimum atomic E-state index is -3.33. The van der Waals surface area contributed by atoms with Crippen LogP contribution in [0.1, 0.15) is 18.5 Å². The summed E-state index contributed by atoms with van der Waals surface area (Å²) in [5, 5.41) is 10.9. The van der Waals surface area contributed by atoms with Gasteiger partial charge < -0.3 is 5.32 Å². The van der Waals surface area contributed by atoms with Crippen molar-refractivity contribution in [1.29, 1.82) is 0 Å². The summed E-state index contributed by atoms with van der Waals surface area (Å²) < 4.78 is 24.4. The van der Waals surface area contributed by atoms with Gasteiger partial charge in [-0.25, -0.2) is 8.42 Å². The average molecular weight is 292 g/mol. The highest BCUT2D eigenvalue weighted by atomic mass is 32.2. The number of hydrogen-bond acceptors (Lipinski definition) is 5. The maximum Gasteiger partial charge on any atom is 0.231 e. The molecular formula is C13H16N4O2S. The number of aromatic nitrogens is 2. The van der Waals surface area contributed by atoms with E-state index in [-0.39, 0.29) is 11.9 Å². The summed E-state index contributed by atoms with van der Waals surface area (Å²) in [5.74, 6) is 0.783. The molecule has 2 aromatic rings. The van der Waals surface area contributed by atoms with E-state index in [2.05, 4.69) is 20.2 Å². The molecule has 0 aliphatic carbocycles. The second kappa shape index (κ2) is 5.87. The molecule has 0 spiro atoms. The Morgan fingerprint density at radius 3 is 2.15 bits per heavy atom. The zero-order valence-electron chi connectivity index (χ0n) is 11.2. The molecule has 106 valence electrons. The monoisotopic (exact) mass is 292 g/mol. The molecule has 1 heterocycles. The van der Waals surface area contributed by atoms with E-state index in [9.17, 15) is 8.42 Å². The second-order valence-electron chi connectivity index (χ2n) is 4.45. The van der Waals surface area contributed by atoms with Gasteiger partial charge in [-0.05, 0) is 24.6 Å². The second-order valence-corrected chi connectivity index (χ2v) is 6.20. The van der Waals surface area contributed by atoms with Gasteiger partial charge in [0.25, 0.3) is 0 Å². The Morgan fingerprint density at radius 1 is 1.00 bits per heavy atom. The lowest BCUT2D eigenvalue weighted by atomic mass is 10.1. The van der Waals surface area contributed by atoms with Crippen molar-refractivity contribution < 1.29 is 8.42 Å². The minimum Gasteiger partial charge on any atom is -0.362 e. The van der Waals surface area contributed by atoms with Gasteiger partial charge >= 0.3 is 0 Å². The molecule has 0 aliphatic heterocycles. The van der Waals surface area contributed by atoms with Crippen LogP contribution in [0, 0.1) is 0 Å². The van der Waals surface area contributed by atoms with E-state index in [4.69, 9.17) is 0 Å². The van der Waals surface area contributed by atoms with E-state index < -0.39 is 10.0 Å². The first-order valence-electron chi connectivity index (χ1n) is 6.07. The predicted octanol–water partition coefficient (Wildman–Crippen LogP) is 2.02. The third-order valence-corrected chi connectivity index (χ3v) is 3.20. The molecule has 1 atom stereocenters. The molecule has 2 N–H and O–H groups in total. The van der Waals surface area contributed by atoms with E-state index in [0.29, 0.717) is 5.82 Å². The van der Waals surface area contributed by atoms with Gasteiger partial charge in [-0.1, -0.05) is 30.3 Å². The third kappa shape index (κ3) is 4.20. The van der Waals surface area contributed by atoms with Crippen LogP contribution < -0.4 is 10.0 Å². The van der Waals surface area contributed by atoms with Crippen molar-refractivity contribution in [2.45, 2.75) is 13.0 Å². The molecule has 0 bridgehead atoms. The van der Waals surface area contributed by atoms with E-state index in [1.54, 1.807) is 12.1 Å². The van der Waals surface area contributed by atoms with Crippen LogP contribution in [-0.2, 0) is 10.0 Å². The van der Waals surface area contributed by atoms with Crippen molar-refractivity contribution in [1.82, 2.24) is 10.2 Å². The Kier molecular flexibility index (Phi) is 4.19. The number of anilines is 2. The Morgan fingerprint density at radius 2 is 1.60 bits per heavy atom. The Hall–Kier alpha value is -2.15. The largest absolute Gasteiger partial charge is 0.362 e. The van der Waals surface area contributed by atoms with Gasteiger partial charge in [-0.15, -0.1) is 10.2 Å². The highest BCUT2D eigenvalue weighted by Gasteiger charge is 2.07. The fourth-order valence-electron chi connectivity index (χ4n) is 1.70. The Labute approximate surface area is 118 Å². The van der Waals surface area contributed by atoms with Crippen LogP contribution in [0.25, 0.3) is 0 Å². The summed E-state index contributed by atoms with van der Waals surface area (Å²) in [6.45, 7) is 2.01. The molecule has 6 nitrogen and oxygen atoms in total. The summed E-state index contributed by atoms with van der Waals surface area (Å²) in [5.41, 5.74) is 1.13. The minimum absolute atomic E-state index is 0.0826. The summed E-state index contributed by atoms with van der Waals surface area (Å²) in [7, 11) is -3.33. The molecule has 1 unspecified atom stereocenters. The van der Waals surface area contributed by atoms with Crippen molar-refractivity contribution in [3.8, 4) is 0 Å². The molecule has 1 aromatic carbocycles. The summed E-state index contributed by atoms with van der Waals surface area (Å²) in [6.07, 6.45) is 1.07. The zero-order chi connectivity index (χ0) is 14.6. The fraction of sp³-hybridized carbons (Fsp3) is 0.231. The smallest absolute Gasteiger partial charge is 0.231 e. The van der Waals surface area contributed by atoms with E-state index >= 15 is 0 Å². The standard InChI is InChI=1S/C13H16N4O2S/c1-10(11-6-4-3-5-7-11)14-12-8-9-13(16-15-12)17-20(2,18)19/h3-10H,1-2H3,(H,14,15)(H,16,17). The molecule has 0 saturated heterocycles. The molecule has 0 amide bonds. The van der Waals surface area contributed by atoms with Gasteiger partial charge in [0, 0.05) is 6.04 Å². The third-order valence-electron chi connectivity index (χ3n) is 2.62. The summed E-state index contributed by atoms with van der Waals surface area (Å²) >= 11 is 0. The molecule has 1 aromatic heterocycles. The first kappa shape index (κ1) is 14.3. The molecule has 0 aliphatic rings. The number of rotatable bonds is 5. The first-order chi connectivity index (χ1) is 9.44. The lowest BCUT2D eigenvalue weighted by Crippen LogP contribution is -2.12. The number of nitrogens with zero attached hydrogens (tertiary/aromatic N) is 2. The van der Waals surface area contributed by atoms with Crippen LogP contribution in [0.2, 0.25) is 0 Å². The number of hydrogen-bond donors (Lipinski definition) is 2. The van der Waals surface area contributed by atoms with Crippen LogP contribution in [0.5, 0.6) is 0 Å². The van der Waals surface area contributed by atoms with Gasteiger partial charge in [0.05, 0.1) is 6.26 Å². The van der Waals surface area contributed by atoms with E-state index in [0.717, 1.165) is 11.8 Å². The Bertz CT molecular complexity index is 657. The molecule has 20 heavy (non-hydrogen) atoms. The topological polar surface area (TPSA) is 84.0 Å². The zero-order valence-corrected chi connectivity index (χ0v) is 12.1. The van der Waals surface area contributed by atoms with Crippen molar-refractivity contribution >= 4 is 21.7 Å². The van der Waals surface area contributed by atoms with E-state index in [1.165, 1.54) is 0 Å². The van der Waals surface area contributed by atoms with Crippen LogP contribution >= 0.6 is 0 Å². The van der Waals surface area contributed by atoms with E-state index in [1.807, 2.05) is 37.3 Å². The number of nitrogens with one attached hydrogen (secondary N) is 2. The van der Waals surface area contributed by atoms with Gasteiger partial charge in [0.2, 0.25) is 10.0 Å². The van der Waals surface area contributed by atoms with Crippen LogP contribution in [0.15, 0.2) is 42.5 Å². The maximum atomic E-state index is 11.1. The van der Waals surface area contributed by atoms with Crippen LogP contribution in [0.4, 0.5) is 11.6 Å². The van der Waals surface area contributed by atoms with Crippen molar-refractivity contribution in [2.24, 2.45) is 0 Å². The summed E-state index contributed by atoms with van der Waals surface area (Å²) in [6, 6.07) is 13.3. The molecule has 0 saturated carbocycles. The van der Waals surface area contributed by atoms with Crippen molar-refractivity contribution in [3.63, 3.8) is 0 Å². The summed E-state index contributed by atoms with van der Waals surface area (Å²) in [4.78, 5) is 0. The Balaban J connectivity index is 2.04. The fourth-order valence-corrected chi connectivity index (χ4v) is 2.19. The number of benzene rings is 1. The first-order valence-corrected chi connectivity index (χ1v) is 7.96. The van der Waals surface area contributed by atoms with Crippen molar-refractivity contribution in [3.05, 3.63) is 48.0 Å². The SMILES string of the molecule is CC(Nc1ccc(NS(C)(=O)=O)nn1)c1ccccc1. The number of sulfonamides is 1. The lowest BCUT2D eigenvalue weighted by molar-refractivity contribution is 0.606. The van der Waals surface area contributed by atoms with Crippen LogP contribution in [0.3, 0.4) is 0 Å². The quantitative estimate of drug-likeness (QED) is 0.880. The highest BCUT2D eigenvalue weighted by molar-refractivity contribution is 7.92. The molecule has 7 heteroatoms. The van der Waals surface area contributed by atoms with Gasteiger partial charge in [-0.3, -0.25) is 4.72 Å². The molecule has 0 radical (unpaired) electrons. The van der Waals surface area contributed by atoms with Gasteiger partial charge in [0.1, 0.15) is 5.82 Å². The molecule has 0 fully saturated rings. The van der Waals surface area contributed by atoms with Gasteiger partial charge in [-0.2, -0.15) is 0 Å². The lowest BCUT2D eigenvalue weighted by Gasteiger charge is -2.14. The highest BCUT2D eigenvalue weighted by Crippen LogP contribution is 2.17. The average Bonchev–Trinajstić information content (AvgIpc) is 2.40. The maximum absolute atomic E-state index is 11.1. The predicted molar refractivity (Wildman–Crippen MR) is 79.0 cm³/mol. The molecular weight excluding hydrogens is 276 g/mol. The molecule has 2 rings (SSSR count). The van der Waals surface area contributed by atoms with Crippen molar-refractivity contribution in [2.75, 3.05) is 16.3 Å².